The summed E-state index contributed by atoms with van der Waals surface area (Å²) in [5, 5.41) is 4.03. The molecule has 0 N–H and O–H groups in total. The monoisotopic (exact) mass is 506 g/mol. The Morgan fingerprint density at radius 2 is 1.56 bits per heavy atom. The Morgan fingerprint density at radius 3 is 2.21 bits per heavy atom. The van der Waals surface area contributed by atoms with E-state index >= 15 is 0 Å². The van der Waals surface area contributed by atoms with Crippen LogP contribution in [0.5, 0.6) is 11.5 Å². The van der Waals surface area contributed by atoms with E-state index in [9.17, 15) is 13.2 Å². The largest absolute Gasteiger partial charge is 0.493 e. The first kappa shape index (κ1) is 24.0. The molecule has 0 aliphatic carbocycles. The Labute approximate surface area is 204 Å². The van der Waals surface area contributed by atoms with Crippen LogP contribution in [0.3, 0.4) is 0 Å². The SMILES string of the molecule is CCOc1ccccc1-c1ccc(OCc2cc(C(F)(F)F)nn2-c2c(Cl)cccc2Cl)cc1. The van der Waals surface area contributed by atoms with Crippen molar-refractivity contribution in [2.24, 2.45) is 0 Å². The summed E-state index contributed by atoms with van der Waals surface area (Å²) in [6.07, 6.45) is -4.64. The van der Waals surface area contributed by atoms with E-state index in [0.29, 0.717) is 12.4 Å². The molecule has 4 aromatic rings. The van der Waals surface area contributed by atoms with Crippen molar-refractivity contribution in [1.82, 2.24) is 9.78 Å². The predicted octanol–water partition coefficient (Wildman–Crippen LogP) is 7.84. The number of para-hydroxylation sites is 2. The third kappa shape index (κ3) is 5.16. The minimum Gasteiger partial charge on any atom is -0.493 e. The van der Waals surface area contributed by atoms with Crippen molar-refractivity contribution in [3.63, 3.8) is 0 Å². The highest BCUT2D eigenvalue weighted by molar-refractivity contribution is 6.37. The summed E-state index contributed by atoms with van der Waals surface area (Å²) in [4.78, 5) is 0. The fraction of sp³-hybridized carbons (Fsp3) is 0.160. The second-order valence-electron chi connectivity index (χ2n) is 7.24. The molecule has 3 aromatic carbocycles. The van der Waals surface area contributed by atoms with Crippen molar-refractivity contribution in [2.75, 3.05) is 6.61 Å². The Balaban J connectivity index is 1.60. The first-order valence-electron chi connectivity index (χ1n) is 10.3. The molecule has 0 bridgehead atoms. The zero-order valence-corrected chi connectivity index (χ0v) is 19.5. The van der Waals surface area contributed by atoms with E-state index in [1.807, 2.05) is 43.3 Å². The third-order valence-electron chi connectivity index (χ3n) is 4.96. The van der Waals surface area contributed by atoms with Gasteiger partial charge in [0.25, 0.3) is 0 Å². The molecule has 176 valence electrons. The second-order valence-corrected chi connectivity index (χ2v) is 8.06. The molecule has 9 heteroatoms. The smallest absolute Gasteiger partial charge is 0.435 e. The van der Waals surface area contributed by atoms with Gasteiger partial charge in [0.05, 0.1) is 22.3 Å². The lowest BCUT2D eigenvalue weighted by Gasteiger charge is -2.13. The molecule has 0 saturated carbocycles. The minimum absolute atomic E-state index is 0.146. The average molecular weight is 507 g/mol. The molecule has 4 rings (SSSR count). The van der Waals surface area contributed by atoms with Crippen molar-refractivity contribution in [3.05, 3.63) is 94.2 Å². The number of hydrogen-bond donors (Lipinski definition) is 0. The normalized spacial score (nSPS) is 11.5. The lowest BCUT2D eigenvalue weighted by Crippen LogP contribution is -2.09. The zero-order chi connectivity index (χ0) is 24.3. The number of benzene rings is 3. The van der Waals surface area contributed by atoms with Crippen molar-refractivity contribution in [3.8, 4) is 28.3 Å². The minimum atomic E-state index is -4.64. The quantitative estimate of drug-likeness (QED) is 0.256. The number of hydrogen-bond acceptors (Lipinski definition) is 3. The maximum atomic E-state index is 13.4. The topological polar surface area (TPSA) is 36.3 Å². The highest BCUT2D eigenvalue weighted by atomic mass is 35.5. The van der Waals surface area contributed by atoms with Crippen LogP contribution in [0.15, 0.2) is 72.8 Å². The van der Waals surface area contributed by atoms with Crippen LogP contribution in [-0.2, 0) is 12.8 Å². The Bertz CT molecular complexity index is 1270. The van der Waals surface area contributed by atoms with Crippen molar-refractivity contribution < 1.29 is 22.6 Å². The average Bonchev–Trinajstić information content (AvgIpc) is 3.23. The molecule has 0 aliphatic rings. The fourth-order valence-corrected chi connectivity index (χ4v) is 3.98. The van der Waals surface area contributed by atoms with Gasteiger partial charge >= 0.3 is 6.18 Å². The fourth-order valence-electron chi connectivity index (χ4n) is 3.42. The molecule has 0 saturated heterocycles. The van der Waals surface area contributed by atoms with Crippen LogP contribution < -0.4 is 9.47 Å². The molecule has 1 aromatic heterocycles. The van der Waals surface area contributed by atoms with Crippen LogP contribution in [0.4, 0.5) is 13.2 Å². The van der Waals surface area contributed by atoms with Crippen LogP contribution in [0.1, 0.15) is 18.3 Å². The number of nitrogens with zero attached hydrogens (tertiary/aromatic N) is 2. The van der Waals surface area contributed by atoms with Gasteiger partial charge in [-0.1, -0.05) is 59.6 Å². The Hall–Kier alpha value is -3.16. The molecule has 0 spiro atoms. The summed E-state index contributed by atoms with van der Waals surface area (Å²) in [6.45, 7) is 2.28. The number of ether oxygens (including phenoxy) is 2. The van der Waals surface area contributed by atoms with Crippen LogP contribution in [-0.4, -0.2) is 16.4 Å². The lowest BCUT2D eigenvalue weighted by molar-refractivity contribution is -0.141. The molecule has 0 fully saturated rings. The molecule has 0 amide bonds. The molecule has 0 radical (unpaired) electrons. The van der Waals surface area contributed by atoms with E-state index in [4.69, 9.17) is 32.7 Å². The second kappa shape index (κ2) is 9.99. The highest BCUT2D eigenvalue weighted by Crippen LogP contribution is 2.34. The third-order valence-corrected chi connectivity index (χ3v) is 5.57. The first-order valence-corrected chi connectivity index (χ1v) is 11.1. The maximum absolute atomic E-state index is 13.4. The first-order chi connectivity index (χ1) is 16.3. The molecule has 34 heavy (non-hydrogen) atoms. The van der Waals surface area contributed by atoms with Gasteiger partial charge in [-0.05, 0) is 48.9 Å². The van der Waals surface area contributed by atoms with E-state index < -0.39 is 11.9 Å². The van der Waals surface area contributed by atoms with Gasteiger partial charge in [0.2, 0.25) is 0 Å². The predicted molar refractivity (Wildman–Crippen MR) is 126 cm³/mol. The number of halogens is 5. The van der Waals surface area contributed by atoms with Crippen molar-refractivity contribution in [2.45, 2.75) is 19.7 Å². The standard InChI is InChI=1S/C25H19Cl2F3N2O2/c1-2-33-22-9-4-3-6-19(22)16-10-12-18(13-11-16)34-15-17-14-23(25(28,29)30)31-32(17)24-20(26)7-5-8-21(24)27/h3-14H,2,15H2,1H3. The number of aromatic nitrogens is 2. The van der Waals surface area contributed by atoms with E-state index in [2.05, 4.69) is 5.10 Å². The van der Waals surface area contributed by atoms with Crippen LogP contribution in [0.2, 0.25) is 10.0 Å². The molecule has 0 atom stereocenters. The Kier molecular flexibility index (Phi) is 7.05. The maximum Gasteiger partial charge on any atom is 0.435 e. The van der Waals surface area contributed by atoms with E-state index in [1.165, 1.54) is 12.1 Å². The Morgan fingerprint density at radius 1 is 0.882 bits per heavy atom. The molecule has 4 nitrogen and oxygen atoms in total. The molecular weight excluding hydrogens is 488 g/mol. The summed E-state index contributed by atoms with van der Waals surface area (Å²) >= 11 is 12.4. The summed E-state index contributed by atoms with van der Waals surface area (Å²) < 4.78 is 52.6. The lowest BCUT2D eigenvalue weighted by atomic mass is 10.0. The van der Waals surface area contributed by atoms with Gasteiger partial charge in [0, 0.05) is 5.56 Å². The van der Waals surface area contributed by atoms with Gasteiger partial charge in [-0.3, -0.25) is 0 Å². The summed E-state index contributed by atoms with van der Waals surface area (Å²) in [6, 6.07) is 20.4. The van der Waals surface area contributed by atoms with Crippen molar-refractivity contribution in [1.29, 1.82) is 0 Å². The van der Waals surface area contributed by atoms with E-state index in [0.717, 1.165) is 27.6 Å². The van der Waals surface area contributed by atoms with Gasteiger partial charge < -0.3 is 9.47 Å². The van der Waals surface area contributed by atoms with Gasteiger partial charge in [0.1, 0.15) is 23.8 Å². The highest BCUT2D eigenvalue weighted by Gasteiger charge is 2.35. The zero-order valence-electron chi connectivity index (χ0n) is 17.9. The summed E-state index contributed by atoms with van der Waals surface area (Å²) in [5.74, 6) is 1.24. The molecule has 1 heterocycles. The van der Waals surface area contributed by atoms with E-state index in [1.54, 1.807) is 18.2 Å². The molecule has 0 unspecified atom stereocenters. The van der Waals surface area contributed by atoms with Crippen LogP contribution >= 0.6 is 23.2 Å². The number of alkyl halides is 3. The summed E-state index contributed by atoms with van der Waals surface area (Å²) in [5.41, 5.74) is 1.08. The van der Waals surface area contributed by atoms with Crippen LogP contribution in [0, 0.1) is 0 Å². The van der Waals surface area contributed by atoms with Crippen LogP contribution in [0.25, 0.3) is 16.8 Å². The van der Waals surface area contributed by atoms with Gasteiger partial charge in [-0.25, -0.2) is 4.68 Å². The van der Waals surface area contributed by atoms with E-state index in [-0.39, 0.29) is 28.0 Å². The van der Waals surface area contributed by atoms with Crippen molar-refractivity contribution >= 4 is 23.2 Å². The van der Waals surface area contributed by atoms with Gasteiger partial charge in [-0.2, -0.15) is 18.3 Å². The summed E-state index contributed by atoms with van der Waals surface area (Å²) in [7, 11) is 0. The molecular formula is C25H19Cl2F3N2O2. The van der Waals surface area contributed by atoms with Gasteiger partial charge in [-0.15, -0.1) is 0 Å². The number of rotatable bonds is 7. The molecule has 0 aliphatic heterocycles. The van der Waals surface area contributed by atoms with Gasteiger partial charge in [0.15, 0.2) is 5.69 Å².